The second-order valence-corrected chi connectivity index (χ2v) is 6.90. The van der Waals surface area contributed by atoms with E-state index in [4.69, 9.17) is 5.11 Å². The summed E-state index contributed by atoms with van der Waals surface area (Å²) >= 11 is 3.48. The Kier molecular flexibility index (Phi) is 4.99. The molecule has 1 saturated carbocycles. The number of imidazole rings is 1. The highest BCUT2D eigenvalue weighted by Gasteiger charge is 2.33. The number of hydrogen-bond donors (Lipinski definition) is 2. The quantitative estimate of drug-likeness (QED) is 0.769. The number of carboxylic acids is 1. The third-order valence-corrected chi connectivity index (χ3v) is 4.96. The molecule has 2 aromatic heterocycles. The lowest BCUT2D eigenvalue weighted by Crippen LogP contribution is -2.53. The molecule has 23 heavy (non-hydrogen) atoms. The van der Waals surface area contributed by atoms with Crippen molar-refractivity contribution in [2.45, 2.75) is 38.4 Å². The predicted molar refractivity (Wildman–Crippen MR) is 91.4 cm³/mol. The Labute approximate surface area is 143 Å². The number of nitrogens with zero attached hydrogens (tertiary/aromatic N) is 3. The zero-order valence-corrected chi connectivity index (χ0v) is 14.7. The SMILES string of the molecule is CCN(CC(=O)O)C1CC(NCc2cnc3ccc(Br)cn23)C1. The molecule has 1 aliphatic rings. The fraction of sp³-hybridized carbons (Fsp3) is 0.500. The molecule has 124 valence electrons. The van der Waals surface area contributed by atoms with Gasteiger partial charge in [-0.2, -0.15) is 0 Å². The first-order chi connectivity index (χ1) is 11.1. The maximum atomic E-state index is 10.9. The molecule has 6 nitrogen and oxygen atoms in total. The number of nitrogens with one attached hydrogen (secondary N) is 1. The largest absolute Gasteiger partial charge is 0.480 e. The molecule has 2 aromatic rings. The normalized spacial score (nSPS) is 20.8. The maximum absolute atomic E-state index is 10.9. The molecule has 3 rings (SSSR count). The molecule has 1 aliphatic carbocycles. The second-order valence-electron chi connectivity index (χ2n) is 5.98. The molecule has 0 unspecified atom stereocenters. The molecule has 0 aromatic carbocycles. The molecule has 2 N–H and O–H groups in total. The van der Waals surface area contributed by atoms with Gasteiger partial charge in [0.05, 0.1) is 18.4 Å². The van der Waals surface area contributed by atoms with E-state index in [9.17, 15) is 4.79 Å². The van der Waals surface area contributed by atoms with Crippen LogP contribution in [0.25, 0.3) is 5.65 Å². The van der Waals surface area contributed by atoms with Crippen LogP contribution in [0.15, 0.2) is 29.0 Å². The summed E-state index contributed by atoms with van der Waals surface area (Å²) in [5.41, 5.74) is 2.07. The van der Waals surface area contributed by atoms with Crippen LogP contribution in [0.2, 0.25) is 0 Å². The average Bonchev–Trinajstić information content (AvgIpc) is 2.86. The minimum atomic E-state index is -0.750. The van der Waals surface area contributed by atoms with Gasteiger partial charge in [-0.3, -0.25) is 9.69 Å². The minimum absolute atomic E-state index is 0.134. The summed E-state index contributed by atoms with van der Waals surface area (Å²) in [7, 11) is 0. The third kappa shape index (κ3) is 3.73. The lowest BCUT2D eigenvalue weighted by Gasteiger charge is -2.42. The Bertz CT molecular complexity index is 696. The van der Waals surface area contributed by atoms with E-state index in [1.54, 1.807) is 0 Å². The van der Waals surface area contributed by atoms with Crippen LogP contribution in [0.1, 0.15) is 25.5 Å². The summed E-state index contributed by atoms with van der Waals surface area (Å²) in [5, 5.41) is 12.5. The molecule has 1 fully saturated rings. The van der Waals surface area contributed by atoms with Gasteiger partial charge >= 0.3 is 5.97 Å². The van der Waals surface area contributed by atoms with E-state index in [0.717, 1.165) is 41.7 Å². The molecule has 0 atom stereocenters. The Morgan fingerprint density at radius 1 is 1.52 bits per heavy atom. The highest BCUT2D eigenvalue weighted by Crippen LogP contribution is 2.26. The summed E-state index contributed by atoms with van der Waals surface area (Å²) < 4.78 is 3.11. The van der Waals surface area contributed by atoms with Crippen molar-refractivity contribution in [3.05, 3.63) is 34.7 Å². The number of likely N-dealkylation sites (N-methyl/N-ethyl adjacent to an activating group) is 1. The van der Waals surface area contributed by atoms with E-state index in [-0.39, 0.29) is 6.54 Å². The molecule has 7 heteroatoms. The molecule has 2 heterocycles. The number of hydrogen-bond acceptors (Lipinski definition) is 4. The van der Waals surface area contributed by atoms with Crippen LogP contribution in [0.4, 0.5) is 0 Å². The Balaban J connectivity index is 1.52. The Morgan fingerprint density at radius 3 is 3.00 bits per heavy atom. The third-order valence-electron chi connectivity index (χ3n) is 4.49. The number of halogens is 1. The molecular weight excluding hydrogens is 360 g/mol. The highest BCUT2D eigenvalue weighted by molar-refractivity contribution is 9.10. The van der Waals surface area contributed by atoms with Gasteiger partial charge in [0.1, 0.15) is 5.65 Å². The van der Waals surface area contributed by atoms with E-state index in [1.807, 2.05) is 36.4 Å². The van der Waals surface area contributed by atoms with Crippen molar-refractivity contribution < 1.29 is 9.90 Å². The van der Waals surface area contributed by atoms with Crippen LogP contribution in [0.3, 0.4) is 0 Å². The van der Waals surface area contributed by atoms with Crippen LogP contribution >= 0.6 is 15.9 Å². The number of pyridine rings is 1. The molecule has 0 amide bonds. The van der Waals surface area contributed by atoms with Crippen molar-refractivity contribution in [3.8, 4) is 0 Å². The van der Waals surface area contributed by atoms with Gasteiger partial charge in [-0.05, 0) is 47.4 Å². The average molecular weight is 381 g/mol. The zero-order chi connectivity index (χ0) is 16.4. The van der Waals surface area contributed by atoms with Gasteiger partial charge in [0.15, 0.2) is 0 Å². The molecule has 0 saturated heterocycles. The molecule has 0 spiro atoms. The summed E-state index contributed by atoms with van der Waals surface area (Å²) in [6.45, 7) is 3.69. The topological polar surface area (TPSA) is 69.9 Å². The van der Waals surface area contributed by atoms with Gasteiger partial charge in [-0.15, -0.1) is 0 Å². The monoisotopic (exact) mass is 380 g/mol. The second kappa shape index (κ2) is 6.98. The lowest BCUT2D eigenvalue weighted by atomic mass is 9.85. The fourth-order valence-electron chi connectivity index (χ4n) is 3.11. The molecular formula is C16H21BrN4O2. The predicted octanol–water partition coefficient (Wildman–Crippen LogP) is 2.12. The number of aromatic nitrogens is 2. The van der Waals surface area contributed by atoms with Gasteiger partial charge in [0, 0.05) is 29.3 Å². The number of carbonyl (C=O) groups is 1. The van der Waals surface area contributed by atoms with Crippen molar-refractivity contribution in [2.75, 3.05) is 13.1 Å². The standard InChI is InChI=1S/C16H21BrN4O2/c1-2-20(10-16(22)23)13-5-12(6-13)18-7-14-8-19-15-4-3-11(17)9-21(14)15/h3-4,8-9,12-13,18H,2,5-7,10H2,1H3,(H,22,23). The fourth-order valence-corrected chi connectivity index (χ4v) is 3.45. The van der Waals surface area contributed by atoms with Crippen LogP contribution < -0.4 is 5.32 Å². The van der Waals surface area contributed by atoms with E-state index in [0.29, 0.717) is 12.1 Å². The van der Waals surface area contributed by atoms with E-state index < -0.39 is 5.97 Å². The number of fused-ring (bicyclic) bond motifs is 1. The number of aliphatic carboxylic acids is 1. The highest BCUT2D eigenvalue weighted by atomic mass is 79.9. The Morgan fingerprint density at radius 2 is 2.30 bits per heavy atom. The summed E-state index contributed by atoms with van der Waals surface area (Å²) in [6, 6.07) is 4.79. The smallest absolute Gasteiger partial charge is 0.317 e. The van der Waals surface area contributed by atoms with Gasteiger partial charge in [-0.25, -0.2) is 4.98 Å². The van der Waals surface area contributed by atoms with E-state index in [1.165, 1.54) is 0 Å². The van der Waals surface area contributed by atoms with Crippen LogP contribution in [-0.2, 0) is 11.3 Å². The van der Waals surface area contributed by atoms with Crippen molar-refractivity contribution in [2.24, 2.45) is 0 Å². The minimum Gasteiger partial charge on any atom is -0.480 e. The van der Waals surface area contributed by atoms with E-state index >= 15 is 0 Å². The van der Waals surface area contributed by atoms with Crippen molar-refractivity contribution in [1.29, 1.82) is 0 Å². The molecule has 0 bridgehead atoms. The molecule has 0 radical (unpaired) electrons. The van der Waals surface area contributed by atoms with Crippen molar-refractivity contribution in [1.82, 2.24) is 19.6 Å². The van der Waals surface area contributed by atoms with Gasteiger partial charge in [0.2, 0.25) is 0 Å². The first-order valence-electron chi connectivity index (χ1n) is 7.87. The van der Waals surface area contributed by atoms with Gasteiger partial charge < -0.3 is 14.8 Å². The zero-order valence-electron chi connectivity index (χ0n) is 13.1. The van der Waals surface area contributed by atoms with Crippen LogP contribution in [0.5, 0.6) is 0 Å². The number of carboxylic acid groups (broad SMARTS) is 1. The van der Waals surface area contributed by atoms with Crippen LogP contribution in [0, 0.1) is 0 Å². The summed E-state index contributed by atoms with van der Waals surface area (Å²) in [6.07, 6.45) is 5.92. The van der Waals surface area contributed by atoms with Crippen molar-refractivity contribution >= 4 is 27.5 Å². The molecule has 0 aliphatic heterocycles. The first-order valence-corrected chi connectivity index (χ1v) is 8.67. The van der Waals surface area contributed by atoms with Crippen LogP contribution in [-0.4, -0.2) is 50.5 Å². The van der Waals surface area contributed by atoms with Gasteiger partial charge in [-0.1, -0.05) is 6.92 Å². The lowest BCUT2D eigenvalue weighted by molar-refractivity contribution is -0.139. The van der Waals surface area contributed by atoms with Crippen molar-refractivity contribution in [3.63, 3.8) is 0 Å². The van der Waals surface area contributed by atoms with Gasteiger partial charge in [0.25, 0.3) is 0 Å². The summed E-state index contributed by atoms with van der Waals surface area (Å²) in [4.78, 5) is 17.3. The Hall–Kier alpha value is -1.44. The van der Waals surface area contributed by atoms with E-state index in [2.05, 4.69) is 30.6 Å². The first kappa shape index (κ1) is 16.4. The number of rotatable bonds is 7. The summed E-state index contributed by atoms with van der Waals surface area (Å²) in [5.74, 6) is -0.750. The maximum Gasteiger partial charge on any atom is 0.317 e.